The van der Waals surface area contributed by atoms with Crippen LogP contribution in [0.3, 0.4) is 0 Å². The minimum absolute atomic E-state index is 0.0510. The smallest absolute Gasteiger partial charge is 0.251 e. The Hall–Kier alpha value is -3.01. The second kappa shape index (κ2) is 9.42. The Morgan fingerprint density at radius 3 is 2.81 bits per heavy atom. The molecule has 0 saturated carbocycles. The molecule has 1 saturated heterocycles. The summed E-state index contributed by atoms with van der Waals surface area (Å²) in [4.78, 5) is 12.7. The molecule has 1 amide bonds. The van der Waals surface area contributed by atoms with Gasteiger partial charge in [-0.05, 0) is 48.7 Å². The van der Waals surface area contributed by atoms with E-state index in [0.717, 1.165) is 24.1 Å². The highest BCUT2D eigenvalue weighted by Gasteiger charge is 2.21. The van der Waals surface area contributed by atoms with E-state index in [1.807, 2.05) is 36.5 Å². The zero-order valence-electron chi connectivity index (χ0n) is 16.9. The summed E-state index contributed by atoms with van der Waals surface area (Å²) in [7, 11) is -3.73. The summed E-state index contributed by atoms with van der Waals surface area (Å²) in [5, 5.41) is 7.10. The van der Waals surface area contributed by atoms with Crippen molar-refractivity contribution in [3.63, 3.8) is 0 Å². The quantitative estimate of drug-likeness (QED) is 0.559. The highest BCUT2D eigenvalue weighted by molar-refractivity contribution is 7.89. The number of nitrogens with one attached hydrogen (secondary N) is 2. The first-order valence-corrected chi connectivity index (χ1v) is 11.6. The van der Waals surface area contributed by atoms with Crippen LogP contribution in [0.4, 0.5) is 0 Å². The van der Waals surface area contributed by atoms with E-state index in [9.17, 15) is 13.2 Å². The van der Waals surface area contributed by atoms with Crippen molar-refractivity contribution in [3.05, 3.63) is 78.1 Å². The number of rotatable bonds is 8. The molecular weight excluding hydrogens is 416 g/mol. The molecule has 0 aliphatic carbocycles. The summed E-state index contributed by atoms with van der Waals surface area (Å²) in [6.45, 7) is 1.16. The molecule has 1 atom stereocenters. The van der Waals surface area contributed by atoms with Crippen LogP contribution in [-0.2, 0) is 21.3 Å². The molecular formula is C22H24N4O4S. The maximum absolute atomic E-state index is 12.7. The van der Waals surface area contributed by atoms with Crippen molar-refractivity contribution in [2.24, 2.45) is 0 Å². The molecule has 3 aromatic rings. The van der Waals surface area contributed by atoms with Crippen molar-refractivity contribution >= 4 is 15.9 Å². The number of nitrogens with zero attached hydrogens (tertiary/aromatic N) is 2. The van der Waals surface area contributed by atoms with Gasteiger partial charge in [-0.1, -0.05) is 24.3 Å². The Morgan fingerprint density at radius 1 is 1.16 bits per heavy atom. The highest BCUT2D eigenvalue weighted by atomic mass is 32.2. The molecule has 1 aromatic heterocycles. The standard InChI is InChI=1S/C22H24N4O4S/c27-22(23-15-18-6-1-2-10-21(18)26-12-5-11-24-26)17-7-3-9-20(14-17)31(28,29)25-16-19-8-4-13-30-19/h1-3,5-7,9-12,14,19,25H,4,8,13,15-16H2,(H,23,27). The summed E-state index contributed by atoms with van der Waals surface area (Å²) in [6.07, 6.45) is 5.19. The minimum Gasteiger partial charge on any atom is -0.377 e. The van der Waals surface area contributed by atoms with Crippen molar-refractivity contribution in [1.29, 1.82) is 0 Å². The number of ether oxygens (including phenoxy) is 1. The zero-order valence-corrected chi connectivity index (χ0v) is 17.7. The predicted octanol–water partition coefficient (Wildman–Crippen LogP) is 2.26. The Morgan fingerprint density at radius 2 is 2.03 bits per heavy atom. The van der Waals surface area contributed by atoms with E-state index >= 15 is 0 Å². The topological polar surface area (TPSA) is 102 Å². The fourth-order valence-corrected chi connectivity index (χ4v) is 4.58. The van der Waals surface area contributed by atoms with Gasteiger partial charge in [-0.25, -0.2) is 17.8 Å². The molecule has 0 bridgehead atoms. The van der Waals surface area contributed by atoms with Crippen LogP contribution in [0.1, 0.15) is 28.8 Å². The molecule has 2 heterocycles. The van der Waals surface area contributed by atoms with Crippen LogP contribution in [0.25, 0.3) is 5.69 Å². The fraction of sp³-hybridized carbons (Fsp3) is 0.273. The molecule has 4 rings (SSSR count). The van der Waals surface area contributed by atoms with Crippen molar-refractivity contribution < 1.29 is 17.9 Å². The fourth-order valence-electron chi connectivity index (χ4n) is 3.47. The Labute approximate surface area is 181 Å². The third-order valence-electron chi connectivity index (χ3n) is 5.11. The molecule has 9 heteroatoms. The molecule has 1 aliphatic heterocycles. The van der Waals surface area contributed by atoms with Crippen LogP contribution in [0.2, 0.25) is 0 Å². The summed E-state index contributed by atoms with van der Waals surface area (Å²) >= 11 is 0. The van der Waals surface area contributed by atoms with Gasteiger partial charge in [-0.3, -0.25) is 4.79 Å². The number of hydrogen-bond donors (Lipinski definition) is 2. The molecule has 1 unspecified atom stereocenters. The second-order valence-electron chi connectivity index (χ2n) is 7.28. The Bertz CT molecular complexity index is 1140. The monoisotopic (exact) mass is 440 g/mol. The lowest BCUT2D eigenvalue weighted by Gasteiger charge is -2.13. The first-order chi connectivity index (χ1) is 15.0. The number of amides is 1. The van der Waals surface area contributed by atoms with E-state index in [4.69, 9.17) is 4.74 Å². The third-order valence-corrected chi connectivity index (χ3v) is 6.54. The van der Waals surface area contributed by atoms with Crippen LogP contribution < -0.4 is 10.0 Å². The highest BCUT2D eigenvalue weighted by Crippen LogP contribution is 2.16. The molecule has 8 nitrogen and oxygen atoms in total. The van der Waals surface area contributed by atoms with E-state index in [1.54, 1.807) is 23.0 Å². The second-order valence-corrected chi connectivity index (χ2v) is 9.04. The maximum atomic E-state index is 12.7. The van der Waals surface area contributed by atoms with Gasteiger partial charge < -0.3 is 10.1 Å². The number of benzene rings is 2. The van der Waals surface area contributed by atoms with Gasteiger partial charge >= 0.3 is 0 Å². The van der Waals surface area contributed by atoms with Gasteiger partial charge in [-0.2, -0.15) is 5.10 Å². The third kappa shape index (κ3) is 5.19. The Balaban J connectivity index is 1.43. The molecule has 0 radical (unpaired) electrons. The van der Waals surface area contributed by atoms with Gasteiger partial charge in [0.2, 0.25) is 10.0 Å². The number of para-hydroxylation sites is 1. The van der Waals surface area contributed by atoms with E-state index in [0.29, 0.717) is 6.61 Å². The minimum atomic E-state index is -3.73. The molecule has 31 heavy (non-hydrogen) atoms. The average Bonchev–Trinajstić information content (AvgIpc) is 3.51. The van der Waals surface area contributed by atoms with Gasteiger partial charge in [0.1, 0.15) is 0 Å². The number of carbonyl (C=O) groups is 1. The number of sulfonamides is 1. The van der Waals surface area contributed by atoms with Gasteiger partial charge in [0.05, 0.1) is 16.7 Å². The van der Waals surface area contributed by atoms with Gasteiger partial charge in [0.15, 0.2) is 0 Å². The van der Waals surface area contributed by atoms with Gasteiger partial charge in [0.25, 0.3) is 5.91 Å². The lowest BCUT2D eigenvalue weighted by Crippen LogP contribution is -2.32. The number of aromatic nitrogens is 2. The van der Waals surface area contributed by atoms with Gasteiger partial charge in [0, 0.05) is 37.7 Å². The molecule has 2 N–H and O–H groups in total. The van der Waals surface area contributed by atoms with E-state index < -0.39 is 10.0 Å². The maximum Gasteiger partial charge on any atom is 0.251 e. The first kappa shape index (κ1) is 21.2. The van der Waals surface area contributed by atoms with E-state index in [2.05, 4.69) is 15.1 Å². The summed E-state index contributed by atoms with van der Waals surface area (Å²) in [5.41, 5.74) is 2.03. The lowest BCUT2D eigenvalue weighted by molar-refractivity contribution is 0.0950. The van der Waals surface area contributed by atoms with E-state index in [1.165, 1.54) is 12.1 Å². The largest absolute Gasteiger partial charge is 0.377 e. The molecule has 162 valence electrons. The van der Waals surface area contributed by atoms with Crippen LogP contribution in [0, 0.1) is 0 Å². The lowest BCUT2D eigenvalue weighted by atomic mass is 10.1. The molecule has 2 aromatic carbocycles. The number of carbonyl (C=O) groups excluding carboxylic acids is 1. The average molecular weight is 441 g/mol. The van der Waals surface area contributed by atoms with Crippen LogP contribution in [-0.4, -0.2) is 43.4 Å². The predicted molar refractivity (Wildman–Crippen MR) is 115 cm³/mol. The number of hydrogen-bond acceptors (Lipinski definition) is 5. The molecule has 0 spiro atoms. The van der Waals surface area contributed by atoms with Crippen molar-refractivity contribution in [2.75, 3.05) is 13.2 Å². The van der Waals surface area contributed by atoms with E-state index in [-0.39, 0.29) is 35.6 Å². The van der Waals surface area contributed by atoms with Crippen LogP contribution >= 0.6 is 0 Å². The summed E-state index contributed by atoms with van der Waals surface area (Å²) < 4.78 is 35.0. The van der Waals surface area contributed by atoms with Crippen LogP contribution in [0.5, 0.6) is 0 Å². The van der Waals surface area contributed by atoms with Crippen molar-refractivity contribution in [2.45, 2.75) is 30.4 Å². The van der Waals surface area contributed by atoms with Gasteiger partial charge in [-0.15, -0.1) is 0 Å². The first-order valence-electron chi connectivity index (χ1n) is 10.1. The molecule has 1 aliphatic rings. The summed E-state index contributed by atoms with van der Waals surface area (Å²) in [5.74, 6) is -0.355. The summed E-state index contributed by atoms with van der Waals surface area (Å²) in [6, 6.07) is 15.5. The zero-order chi connectivity index (χ0) is 21.7. The molecule has 1 fully saturated rings. The normalized spacial score (nSPS) is 16.3. The SMILES string of the molecule is O=C(NCc1ccccc1-n1cccn1)c1cccc(S(=O)(=O)NCC2CCCO2)c1. The van der Waals surface area contributed by atoms with Crippen molar-refractivity contribution in [3.8, 4) is 5.69 Å². The van der Waals surface area contributed by atoms with Crippen molar-refractivity contribution in [1.82, 2.24) is 19.8 Å². The van der Waals surface area contributed by atoms with Crippen LogP contribution in [0.15, 0.2) is 71.9 Å². The Kier molecular flexibility index (Phi) is 6.45.